The van der Waals surface area contributed by atoms with Gasteiger partial charge in [-0.25, -0.2) is 0 Å². The van der Waals surface area contributed by atoms with Gasteiger partial charge in [0.2, 0.25) is 0 Å². The van der Waals surface area contributed by atoms with Crippen molar-refractivity contribution in [2.75, 3.05) is 7.11 Å². The lowest BCUT2D eigenvalue weighted by molar-refractivity contribution is -0.265. The van der Waals surface area contributed by atoms with Crippen LogP contribution in [-0.4, -0.2) is 18.5 Å². The van der Waals surface area contributed by atoms with E-state index in [9.17, 15) is 5.11 Å². The molecule has 2 heterocycles. The molecule has 2 bridgehead atoms. The van der Waals surface area contributed by atoms with Gasteiger partial charge in [-0.3, -0.25) is 0 Å². The quantitative estimate of drug-likeness (QED) is 0.859. The van der Waals surface area contributed by atoms with Gasteiger partial charge in [-0.1, -0.05) is 26.3 Å². The molecule has 0 aromatic heterocycles. The van der Waals surface area contributed by atoms with E-state index in [0.717, 1.165) is 25.0 Å². The molecule has 1 saturated heterocycles. The average Bonchev–Trinajstić information content (AvgIpc) is 2.47. The van der Waals surface area contributed by atoms with Crippen molar-refractivity contribution in [3.63, 3.8) is 0 Å². The van der Waals surface area contributed by atoms with Crippen LogP contribution in [0.2, 0.25) is 0 Å². The second-order valence-electron chi connectivity index (χ2n) is 7.60. The van der Waals surface area contributed by atoms with Gasteiger partial charge in [0.25, 0.3) is 0 Å². The molecule has 21 heavy (non-hydrogen) atoms. The lowest BCUT2D eigenvalue weighted by Crippen LogP contribution is -2.61. The summed E-state index contributed by atoms with van der Waals surface area (Å²) in [5.41, 5.74) is 2.53. The summed E-state index contributed by atoms with van der Waals surface area (Å²) in [6.07, 6.45) is 3.77. The number of hydrogen-bond acceptors (Lipinski definition) is 3. The van der Waals surface area contributed by atoms with Gasteiger partial charge in [-0.05, 0) is 53.9 Å². The van der Waals surface area contributed by atoms with Crippen LogP contribution in [0, 0.1) is 11.3 Å². The van der Waals surface area contributed by atoms with Crippen LogP contribution in [0.4, 0.5) is 0 Å². The van der Waals surface area contributed by atoms with Crippen molar-refractivity contribution in [3.8, 4) is 5.75 Å². The lowest BCUT2D eigenvalue weighted by Gasteiger charge is -2.62. The summed E-state index contributed by atoms with van der Waals surface area (Å²) >= 11 is 0. The van der Waals surface area contributed by atoms with Crippen LogP contribution >= 0.6 is 0 Å². The molecule has 4 aliphatic rings. The van der Waals surface area contributed by atoms with Crippen molar-refractivity contribution in [1.29, 1.82) is 0 Å². The fraction of sp³-hybridized carbons (Fsp3) is 0.667. The van der Waals surface area contributed by atoms with Crippen LogP contribution in [0.3, 0.4) is 0 Å². The lowest BCUT2D eigenvalue weighted by atomic mass is 9.47. The van der Waals surface area contributed by atoms with Crippen LogP contribution in [0.1, 0.15) is 56.8 Å². The van der Waals surface area contributed by atoms with Gasteiger partial charge < -0.3 is 14.6 Å². The Bertz CT molecular complexity index is 580. The Morgan fingerprint density at radius 2 is 2.10 bits per heavy atom. The number of benzene rings is 1. The molecule has 1 saturated carbocycles. The van der Waals surface area contributed by atoms with Gasteiger partial charge in [0.15, 0.2) is 6.29 Å². The molecule has 4 atom stereocenters. The minimum absolute atomic E-state index is 0.0326. The predicted molar refractivity (Wildman–Crippen MR) is 80.2 cm³/mol. The van der Waals surface area contributed by atoms with Crippen LogP contribution in [-0.2, 0) is 10.2 Å². The van der Waals surface area contributed by atoms with Crippen molar-refractivity contribution in [3.05, 3.63) is 29.3 Å². The largest absolute Gasteiger partial charge is 0.497 e. The zero-order chi connectivity index (χ0) is 14.8. The van der Waals surface area contributed by atoms with E-state index in [0.29, 0.717) is 5.92 Å². The topological polar surface area (TPSA) is 38.7 Å². The maximum atomic E-state index is 10.8. The highest BCUT2D eigenvalue weighted by atomic mass is 16.6. The first-order chi connectivity index (χ1) is 9.99. The van der Waals surface area contributed by atoms with Crippen LogP contribution in [0.15, 0.2) is 18.2 Å². The van der Waals surface area contributed by atoms with Gasteiger partial charge in [0.1, 0.15) is 5.75 Å². The molecule has 2 fully saturated rings. The van der Waals surface area contributed by atoms with E-state index in [1.165, 1.54) is 17.5 Å². The summed E-state index contributed by atoms with van der Waals surface area (Å²) in [5.74, 6) is 1.36. The monoisotopic (exact) mass is 288 g/mol. The number of rotatable bonds is 1. The molecule has 5 rings (SSSR count). The van der Waals surface area contributed by atoms with E-state index >= 15 is 0 Å². The Hall–Kier alpha value is -1.06. The minimum Gasteiger partial charge on any atom is -0.497 e. The van der Waals surface area contributed by atoms with Gasteiger partial charge in [-0.2, -0.15) is 0 Å². The molecule has 0 radical (unpaired) electrons. The van der Waals surface area contributed by atoms with Crippen LogP contribution in [0.25, 0.3) is 0 Å². The Morgan fingerprint density at radius 3 is 2.86 bits per heavy atom. The number of ether oxygens (including phenoxy) is 2. The third-order valence-electron chi connectivity index (χ3n) is 6.27. The van der Waals surface area contributed by atoms with Crippen molar-refractivity contribution in [2.24, 2.45) is 11.3 Å². The first kappa shape index (κ1) is 13.6. The molecule has 2 aliphatic carbocycles. The van der Waals surface area contributed by atoms with E-state index in [1.54, 1.807) is 7.11 Å². The summed E-state index contributed by atoms with van der Waals surface area (Å²) in [5, 5.41) is 10.8. The molecule has 1 unspecified atom stereocenters. The minimum atomic E-state index is -0.680. The maximum absolute atomic E-state index is 10.8. The van der Waals surface area contributed by atoms with Crippen molar-refractivity contribution in [2.45, 2.75) is 57.3 Å². The first-order valence-corrected chi connectivity index (χ1v) is 8.01. The Kier molecular flexibility index (Phi) is 2.74. The van der Waals surface area contributed by atoms with E-state index in [2.05, 4.69) is 26.0 Å². The van der Waals surface area contributed by atoms with Crippen LogP contribution < -0.4 is 4.74 Å². The predicted octanol–water partition coefficient (Wildman–Crippen LogP) is 3.55. The summed E-state index contributed by atoms with van der Waals surface area (Å²) in [4.78, 5) is 0. The highest BCUT2D eigenvalue weighted by Gasteiger charge is 2.62. The molecule has 1 aromatic carbocycles. The van der Waals surface area contributed by atoms with E-state index < -0.39 is 6.29 Å². The molecule has 2 aliphatic heterocycles. The zero-order valence-electron chi connectivity index (χ0n) is 13.1. The molecule has 1 spiro atoms. The zero-order valence-corrected chi connectivity index (χ0v) is 13.1. The number of aliphatic hydroxyl groups is 1. The standard InChI is InChI=1S/C18H24O3/c1-17(2)7-4-8-18-13-9-11(20-3)5-6-12(13)14(10-15(17)18)21-16(18)19/h5-6,9,14-16,19H,4,7-8,10H2,1-3H3/t14-,15+,16?,18-/m1/s1. The van der Waals surface area contributed by atoms with Crippen molar-refractivity contribution in [1.82, 2.24) is 0 Å². The normalized spacial score (nSPS) is 39.5. The molecular weight excluding hydrogens is 264 g/mol. The molecule has 0 amide bonds. The first-order valence-electron chi connectivity index (χ1n) is 8.01. The third-order valence-corrected chi connectivity index (χ3v) is 6.27. The van der Waals surface area contributed by atoms with Gasteiger partial charge in [0, 0.05) is 0 Å². The maximum Gasteiger partial charge on any atom is 0.165 e. The second kappa shape index (κ2) is 4.23. The fourth-order valence-corrected chi connectivity index (χ4v) is 5.26. The molecular formula is C18H24O3. The summed E-state index contributed by atoms with van der Waals surface area (Å²) in [6, 6.07) is 6.28. The molecule has 3 heteroatoms. The number of aliphatic hydroxyl groups excluding tert-OH is 1. The smallest absolute Gasteiger partial charge is 0.165 e. The highest BCUT2D eigenvalue weighted by molar-refractivity contribution is 5.47. The highest BCUT2D eigenvalue weighted by Crippen LogP contribution is 2.65. The Morgan fingerprint density at radius 1 is 1.29 bits per heavy atom. The Labute approximate surface area is 126 Å². The van der Waals surface area contributed by atoms with Crippen molar-refractivity contribution < 1.29 is 14.6 Å². The van der Waals surface area contributed by atoms with E-state index in [4.69, 9.17) is 9.47 Å². The van der Waals surface area contributed by atoms with Gasteiger partial charge >= 0.3 is 0 Å². The summed E-state index contributed by atoms with van der Waals surface area (Å²) in [7, 11) is 1.70. The summed E-state index contributed by atoms with van der Waals surface area (Å²) in [6.45, 7) is 4.71. The van der Waals surface area contributed by atoms with Crippen LogP contribution in [0.5, 0.6) is 5.75 Å². The SMILES string of the molecule is COc1ccc2c(c1)[C@]13CCCC(C)(C)[C@@H]1C[C@H]2OC3O. The summed E-state index contributed by atoms with van der Waals surface area (Å²) < 4.78 is 11.4. The number of fused-ring (bicyclic) bond motifs is 1. The third kappa shape index (κ3) is 1.62. The molecule has 1 N–H and O–H groups in total. The van der Waals surface area contributed by atoms with E-state index in [1.807, 2.05) is 6.07 Å². The molecule has 114 valence electrons. The number of methoxy groups -OCH3 is 1. The Balaban J connectivity index is 1.94. The fourth-order valence-electron chi connectivity index (χ4n) is 5.26. The number of hydrogen-bond donors (Lipinski definition) is 1. The average molecular weight is 288 g/mol. The second-order valence-corrected chi connectivity index (χ2v) is 7.60. The van der Waals surface area contributed by atoms with Gasteiger partial charge in [-0.15, -0.1) is 0 Å². The molecule has 3 nitrogen and oxygen atoms in total. The van der Waals surface area contributed by atoms with E-state index in [-0.39, 0.29) is 16.9 Å². The van der Waals surface area contributed by atoms with Crippen molar-refractivity contribution >= 4 is 0 Å². The van der Waals surface area contributed by atoms with Gasteiger partial charge in [0.05, 0.1) is 18.6 Å². The molecule has 1 aromatic rings.